The molecule has 3 heteroatoms. The number of hydrogen-bond acceptors (Lipinski definition) is 2. The summed E-state index contributed by atoms with van der Waals surface area (Å²) in [6.45, 7) is 1.86. The van der Waals surface area contributed by atoms with Crippen LogP contribution in [-0.2, 0) is 9.53 Å². The second-order valence-electron chi connectivity index (χ2n) is 1.72. The van der Waals surface area contributed by atoms with Crippen LogP contribution in [0.3, 0.4) is 0 Å². The number of halogens is 1. The molecule has 0 spiro atoms. The van der Waals surface area contributed by atoms with Crippen molar-refractivity contribution in [3.8, 4) is 12.3 Å². The second kappa shape index (κ2) is 3.37. The zero-order valence-corrected chi connectivity index (χ0v) is 5.81. The van der Waals surface area contributed by atoms with Gasteiger partial charge < -0.3 is 4.74 Å². The van der Waals surface area contributed by atoms with E-state index < -0.39 is 5.60 Å². The molecule has 0 saturated carbocycles. The fraction of sp³-hybridized carbons (Fsp3) is 0.500. The van der Waals surface area contributed by atoms with Gasteiger partial charge in [-0.15, -0.1) is 18.0 Å². The van der Waals surface area contributed by atoms with Crippen molar-refractivity contribution in [1.29, 1.82) is 0 Å². The Balaban J connectivity index is 3.96. The van der Waals surface area contributed by atoms with Crippen molar-refractivity contribution in [3.05, 3.63) is 0 Å². The number of alkyl halides is 1. The van der Waals surface area contributed by atoms with E-state index in [2.05, 4.69) is 10.7 Å². The first kappa shape index (κ1) is 8.32. The van der Waals surface area contributed by atoms with Crippen molar-refractivity contribution in [3.63, 3.8) is 0 Å². The highest BCUT2D eigenvalue weighted by Gasteiger charge is 2.20. The van der Waals surface area contributed by atoms with Crippen LogP contribution in [0.1, 0.15) is 6.92 Å². The van der Waals surface area contributed by atoms with E-state index in [0.717, 1.165) is 0 Å². The normalized spacial score (nSPS) is 15.2. The molecule has 0 aromatic carbocycles. The molecular formula is C6H7ClO2. The summed E-state index contributed by atoms with van der Waals surface area (Å²) in [5, 5.41) is 0. The van der Waals surface area contributed by atoms with E-state index in [-0.39, 0.29) is 5.88 Å². The Hall–Kier alpha value is -0.680. The topological polar surface area (TPSA) is 26.3 Å². The minimum Gasteiger partial charge on any atom is -0.447 e. The number of rotatable bonds is 3. The van der Waals surface area contributed by atoms with E-state index in [1.165, 1.54) is 0 Å². The summed E-state index contributed by atoms with van der Waals surface area (Å²) in [7, 11) is 0. The van der Waals surface area contributed by atoms with Gasteiger partial charge in [0.1, 0.15) is 0 Å². The number of carbonyl (C=O) groups is 1. The van der Waals surface area contributed by atoms with Crippen LogP contribution in [-0.4, -0.2) is 18.0 Å². The molecule has 1 atom stereocenters. The Bertz CT molecular complexity index is 138. The Labute approximate surface area is 59.1 Å². The summed E-state index contributed by atoms with van der Waals surface area (Å²) >= 11 is 5.36. The number of carbonyl (C=O) groups excluding carboxylic acids is 1. The summed E-state index contributed by atoms with van der Waals surface area (Å²) < 4.78 is 4.48. The van der Waals surface area contributed by atoms with E-state index in [9.17, 15) is 4.79 Å². The van der Waals surface area contributed by atoms with Crippen LogP contribution in [0.15, 0.2) is 0 Å². The highest BCUT2D eigenvalue weighted by Crippen LogP contribution is 2.08. The molecule has 0 aromatic rings. The third kappa shape index (κ3) is 2.39. The van der Waals surface area contributed by atoms with Crippen LogP contribution in [0.4, 0.5) is 0 Å². The molecule has 0 fully saturated rings. The van der Waals surface area contributed by atoms with Gasteiger partial charge in [-0.1, -0.05) is 5.92 Å². The number of terminal acetylenes is 1. The lowest BCUT2D eigenvalue weighted by atomic mass is 10.1. The maximum atomic E-state index is 9.76. The Morgan fingerprint density at radius 2 is 2.56 bits per heavy atom. The van der Waals surface area contributed by atoms with Crippen LogP contribution < -0.4 is 0 Å². The van der Waals surface area contributed by atoms with Crippen LogP contribution in [0, 0.1) is 12.3 Å². The SMILES string of the molecule is C#CC(C)(CCl)OC=O. The molecule has 0 heterocycles. The van der Waals surface area contributed by atoms with Gasteiger partial charge in [0.25, 0.3) is 6.47 Å². The maximum absolute atomic E-state index is 9.76. The van der Waals surface area contributed by atoms with Crippen LogP contribution in [0.2, 0.25) is 0 Å². The first-order chi connectivity index (χ1) is 4.18. The van der Waals surface area contributed by atoms with Gasteiger partial charge in [0, 0.05) is 0 Å². The van der Waals surface area contributed by atoms with Crippen molar-refractivity contribution in [2.75, 3.05) is 5.88 Å². The summed E-state index contributed by atoms with van der Waals surface area (Å²) in [4.78, 5) is 9.76. The Kier molecular flexibility index (Phi) is 3.11. The molecule has 0 aromatic heterocycles. The van der Waals surface area contributed by atoms with Gasteiger partial charge in [0.2, 0.25) is 0 Å². The zero-order chi connectivity index (χ0) is 7.33. The Morgan fingerprint density at radius 1 is 2.00 bits per heavy atom. The molecule has 9 heavy (non-hydrogen) atoms. The molecule has 0 aliphatic rings. The quantitative estimate of drug-likeness (QED) is 0.334. The van der Waals surface area contributed by atoms with Gasteiger partial charge in [-0.2, -0.15) is 0 Å². The average Bonchev–Trinajstić information content (AvgIpc) is 1.89. The lowest BCUT2D eigenvalue weighted by Gasteiger charge is -2.16. The minimum atomic E-state index is -0.941. The summed E-state index contributed by atoms with van der Waals surface area (Å²) in [6, 6.07) is 0. The molecule has 0 rings (SSSR count). The van der Waals surface area contributed by atoms with E-state index in [4.69, 9.17) is 18.0 Å². The zero-order valence-electron chi connectivity index (χ0n) is 5.06. The summed E-state index contributed by atoms with van der Waals surface area (Å²) in [5.41, 5.74) is -0.941. The van der Waals surface area contributed by atoms with Crippen molar-refractivity contribution >= 4 is 18.1 Å². The average molecular weight is 147 g/mol. The lowest BCUT2D eigenvalue weighted by Crippen LogP contribution is -2.27. The fourth-order valence-electron chi connectivity index (χ4n) is 0.210. The van der Waals surface area contributed by atoms with Crippen molar-refractivity contribution < 1.29 is 9.53 Å². The Morgan fingerprint density at radius 3 is 2.67 bits per heavy atom. The molecule has 0 saturated heterocycles. The molecule has 0 N–H and O–H groups in total. The summed E-state index contributed by atoms with van der Waals surface area (Å²) in [5.74, 6) is 2.36. The van der Waals surface area contributed by atoms with Gasteiger partial charge in [-0.05, 0) is 6.92 Å². The first-order valence-electron chi connectivity index (χ1n) is 2.34. The van der Waals surface area contributed by atoms with Crippen molar-refractivity contribution in [2.24, 2.45) is 0 Å². The lowest BCUT2D eigenvalue weighted by molar-refractivity contribution is -0.135. The van der Waals surface area contributed by atoms with Gasteiger partial charge >= 0.3 is 0 Å². The third-order valence-corrected chi connectivity index (χ3v) is 1.38. The first-order valence-corrected chi connectivity index (χ1v) is 2.87. The molecule has 0 aliphatic carbocycles. The maximum Gasteiger partial charge on any atom is 0.294 e. The smallest absolute Gasteiger partial charge is 0.294 e. The molecule has 2 nitrogen and oxygen atoms in total. The predicted octanol–water partition coefficient (Wildman–Crippen LogP) is 0.790. The van der Waals surface area contributed by atoms with Crippen LogP contribution in [0.25, 0.3) is 0 Å². The van der Waals surface area contributed by atoms with Crippen LogP contribution in [0.5, 0.6) is 0 Å². The molecule has 0 aliphatic heterocycles. The standard InChI is InChI=1S/C6H7ClO2/c1-3-6(2,4-7)9-5-8/h1,5H,4H2,2H3. The van der Waals surface area contributed by atoms with Crippen molar-refractivity contribution in [1.82, 2.24) is 0 Å². The third-order valence-electron chi connectivity index (χ3n) is 0.869. The minimum absolute atomic E-state index is 0.113. The predicted molar refractivity (Wildman–Crippen MR) is 35.1 cm³/mol. The van der Waals surface area contributed by atoms with Crippen LogP contribution >= 0.6 is 11.6 Å². The second-order valence-corrected chi connectivity index (χ2v) is 1.99. The molecule has 0 amide bonds. The van der Waals surface area contributed by atoms with Gasteiger partial charge in [-0.3, -0.25) is 4.79 Å². The fourth-order valence-corrected chi connectivity index (χ4v) is 0.350. The molecule has 1 unspecified atom stereocenters. The van der Waals surface area contributed by atoms with E-state index in [1.54, 1.807) is 6.92 Å². The molecule has 0 radical (unpaired) electrons. The number of hydrogen-bond donors (Lipinski definition) is 0. The monoisotopic (exact) mass is 146 g/mol. The van der Waals surface area contributed by atoms with E-state index in [1.807, 2.05) is 0 Å². The molecular weight excluding hydrogens is 140 g/mol. The highest BCUT2D eigenvalue weighted by atomic mass is 35.5. The van der Waals surface area contributed by atoms with E-state index in [0.29, 0.717) is 6.47 Å². The van der Waals surface area contributed by atoms with E-state index >= 15 is 0 Å². The molecule has 0 bridgehead atoms. The van der Waals surface area contributed by atoms with Gasteiger partial charge in [-0.25, -0.2) is 0 Å². The summed E-state index contributed by atoms with van der Waals surface area (Å²) in [6.07, 6.45) is 4.99. The molecule has 50 valence electrons. The van der Waals surface area contributed by atoms with Gasteiger partial charge in [0.15, 0.2) is 5.60 Å². The van der Waals surface area contributed by atoms with Gasteiger partial charge in [0.05, 0.1) is 5.88 Å². The largest absolute Gasteiger partial charge is 0.447 e. The highest BCUT2D eigenvalue weighted by molar-refractivity contribution is 6.18. The number of ether oxygens (including phenoxy) is 1. The van der Waals surface area contributed by atoms with Crippen molar-refractivity contribution in [2.45, 2.75) is 12.5 Å².